The van der Waals surface area contributed by atoms with Gasteiger partial charge in [0, 0.05) is 42.2 Å². The molecule has 0 spiro atoms. The number of nitrogens with zero attached hydrogens (tertiary/aromatic N) is 1. The monoisotopic (exact) mass is 281 g/mol. The van der Waals surface area contributed by atoms with E-state index in [4.69, 9.17) is 4.52 Å². The van der Waals surface area contributed by atoms with E-state index in [-0.39, 0.29) is 38.8 Å². The van der Waals surface area contributed by atoms with Crippen molar-refractivity contribution in [3.05, 3.63) is 35.4 Å². The van der Waals surface area contributed by atoms with Crippen molar-refractivity contribution < 1.29 is 37.2 Å². The SMILES string of the molecule is POCC1Cc2[c-]cccc2C=N1.[Y]. The van der Waals surface area contributed by atoms with Crippen molar-refractivity contribution in [2.45, 2.75) is 12.5 Å². The van der Waals surface area contributed by atoms with Crippen molar-refractivity contribution >= 4 is 15.7 Å². The molecule has 0 amide bonds. The molecular formula is C10H11NOPY-. The van der Waals surface area contributed by atoms with Crippen molar-refractivity contribution in [2.75, 3.05) is 6.61 Å². The van der Waals surface area contributed by atoms with Crippen LogP contribution in [-0.4, -0.2) is 18.9 Å². The maximum atomic E-state index is 4.99. The maximum Gasteiger partial charge on any atom is 0.0744 e. The predicted octanol–water partition coefficient (Wildman–Crippen LogP) is 1.63. The van der Waals surface area contributed by atoms with Gasteiger partial charge in [-0.25, -0.2) is 0 Å². The van der Waals surface area contributed by atoms with Crippen molar-refractivity contribution in [1.29, 1.82) is 0 Å². The minimum atomic E-state index is 0. The number of rotatable bonds is 2. The Hall–Kier alpha value is 0.384. The summed E-state index contributed by atoms with van der Waals surface area (Å²) < 4.78 is 4.99. The van der Waals surface area contributed by atoms with Gasteiger partial charge < -0.3 is 4.52 Å². The van der Waals surface area contributed by atoms with E-state index in [1.54, 1.807) is 0 Å². The molecule has 0 aliphatic carbocycles. The van der Waals surface area contributed by atoms with E-state index in [1.807, 2.05) is 18.3 Å². The minimum Gasteiger partial charge on any atom is -0.363 e. The summed E-state index contributed by atoms with van der Waals surface area (Å²) in [6.45, 7) is 0.656. The third kappa shape index (κ3) is 2.93. The molecule has 1 aliphatic heterocycles. The smallest absolute Gasteiger partial charge is 0.0744 e. The number of benzene rings is 1. The standard InChI is InChI=1S/C10H11NOP.Y/c13-12-7-10-5-8-3-1-2-4-9(8)6-11-10;/h1-2,4,6,10H,5,7,13H2;/q-1;. The molecule has 1 aliphatic rings. The van der Waals surface area contributed by atoms with E-state index in [2.05, 4.69) is 26.6 Å². The molecule has 1 aromatic carbocycles. The van der Waals surface area contributed by atoms with Gasteiger partial charge in [-0.3, -0.25) is 4.99 Å². The first-order valence-electron chi connectivity index (χ1n) is 4.24. The van der Waals surface area contributed by atoms with Gasteiger partial charge in [0.05, 0.1) is 12.6 Å². The van der Waals surface area contributed by atoms with E-state index in [0.717, 1.165) is 6.42 Å². The summed E-state index contributed by atoms with van der Waals surface area (Å²) in [7, 11) is 2.26. The van der Waals surface area contributed by atoms with Gasteiger partial charge in [0.25, 0.3) is 0 Å². The van der Waals surface area contributed by atoms with Crippen LogP contribution in [0, 0.1) is 6.07 Å². The fourth-order valence-electron chi connectivity index (χ4n) is 1.47. The fourth-order valence-corrected chi connectivity index (χ4v) is 1.69. The van der Waals surface area contributed by atoms with Gasteiger partial charge in [-0.05, 0) is 12.6 Å². The zero-order chi connectivity index (χ0) is 9.10. The maximum absolute atomic E-state index is 4.99. The third-order valence-electron chi connectivity index (χ3n) is 2.13. The molecule has 2 nitrogen and oxygen atoms in total. The van der Waals surface area contributed by atoms with Crippen LogP contribution in [0.5, 0.6) is 0 Å². The summed E-state index contributed by atoms with van der Waals surface area (Å²) >= 11 is 0. The molecule has 0 N–H and O–H groups in total. The largest absolute Gasteiger partial charge is 0.363 e. The molecular weight excluding hydrogens is 270 g/mol. The molecule has 1 aromatic rings. The molecule has 0 bridgehead atoms. The van der Waals surface area contributed by atoms with E-state index < -0.39 is 0 Å². The van der Waals surface area contributed by atoms with Crippen LogP contribution < -0.4 is 0 Å². The van der Waals surface area contributed by atoms with Crippen molar-refractivity contribution in [2.24, 2.45) is 4.99 Å². The zero-order valence-corrected chi connectivity index (χ0v) is 11.8. The Morgan fingerprint density at radius 1 is 1.64 bits per heavy atom. The summed E-state index contributed by atoms with van der Waals surface area (Å²) in [5.41, 5.74) is 2.42. The number of hydrogen-bond acceptors (Lipinski definition) is 2. The second-order valence-corrected chi connectivity index (χ2v) is 3.41. The number of fused-ring (bicyclic) bond motifs is 1. The topological polar surface area (TPSA) is 21.6 Å². The van der Waals surface area contributed by atoms with Crippen LogP contribution in [0.1, 0.15) is 11.1 Å². The van der Waals surface area contributed by atoms with Gasteiger partial charge in [0.15, 0.2) is 0 Å². The van der Waals surface area contributed by atoms with Crippen molar-refractivity contribution in [3.8, 4) is 0 Å². The van der Waals surface area contributed by atoms with Crippen LogP contribution in [0.25, 0.3) is 0 Å². The van der Waals surface area contributed by atoms with E-state index >= 15 is 0 Å². The molecule has 2 unspecified atom stereocenters. The van der Waals surface area contributed by atoms with Gasteiger partial charge in [0.1, 0.15) is 0 Å². The average molecular weight is 281 g/mol. The fraction of sp³-hybridized carbons (Fsp3) is 0.300. The molecule has 71 valence electrons. The molecule has 1 radical (unpaired) electrons. The first kappa shape index (κ1) is 12.5. The molecule has 1 heterocycles. The van der Waals surface area contributed by atoms with Crippen LogP contribution in [0.15, 0.2) is 23.2 Å². The van der Waals surface area contributed by atoms with Gasteiger partial charge in [-0.15, -0.1) is 5.56 Å². The molecule has 14 heavy (non-hydrogen) atoms. The average Bonchev–Trinajstić information content (AvgIpc) is 2.18. The molecule has 0 saturated heterocycles. The van der Waals surface area contributed by atoms with Crippen molar-refractivity contribution in [1.82, 2.24) is 0 Å². The van der Waals surface area contributed by atoms with Crippen LogP contribution in [-0.2, 0) is 43.7 Å². The zero-order valence-electron chi connectivity index (χ0n) is 7.81. The van der Waals surface area contributed by atoms with Crippen LogP contribution in [0.2, 0.25) is 0 Å². The molecule has 0 fully saturated rings. The molecule has 0 aromatic heterocycles. The van der Waals surface area contributed by atoms with E-state index in [0.29, 0.717) is 6.61 Å². The second-order valence-electron chi connectivity index (χ2n) is 3.07. The van der Waals surface area contributed by atoms with Gasteiger partial charge >= 0.3 is 0 Å². The number of aliphatic imine (C=N–C) groups is 1. The Bertz CT molecular complexity index is 330. The predicted molar refractivity (Wildman–Crippen MR) is 56.0 cm³/mol. The normalized spacial score (nSPS) is 18.5. The Kier molecular flexibility index (Phi) is 5.40. The molecule has 2 atom stereocenters. The Morgan fingerprint density at radius 3 is 3.29 bits per heavy atom. The molecule has 0 saturated carbocycles. The Morgan fingerprint density at radius 2 is 2.50 bits per heavy atom. The minimum absolute atomic E-state index is 0. The first-order valence-corrected chi connectivity index (χ1v) is 4.71. The van der Waals surface area contributed by atoms with Gasteiger partial charge in [-0.2, -0.15) is 29.8 Å². The summed E-state index contributed by atoms with van der Waals surface area (Å²) in [6.07, 6.45) is 2.84. The van der Waals surface area contributed by atoms with Crippen LogP contribution >= 0.6 is 9.47 Å². The number of hydrogen-bond donors (Lipinski definition) is 0. The van der Waals surface area contributed by atoms with Crippen LogP contribution in [0.4, 0.5) is 0 Å². The van der Waals surface area contributed by atoms with E-state index in [9.17, 15) is 0 Å². The molecule has 4 heteroatoms. The second kappa shape index (κ2) is 6.07. The van der Waals surface area contributed by atoms with Crippen LogP contribution in [0.3, 0.4) is 0 Å². The van der Waals surface area contributed by atoms with Crippen molar-refractivity contribution in [3.63, 3.8) is 0 Å². The quantitative estimate of drug-likeness (QED) is 0.596. The summed E-state index contributed by atoms with van der Waals surface area (Å²) in [6, 6.07) is 9.46. The Balaban J connectivity index is 0.000000980. The third-order valence-corrected chi connectivity index (χ3v) is 2.32. The van der Waals surface area contributed by atoms with Gasteiger partial charge in [0.2, 0.25) is 0 Å². The summed E-state index contributed by atoms with van der Waals surface area (Å²) in [5, 5.41) is 0. The van der Waals surface area contributed by atoms with Gasteiger partial charge in [-0.1, -0.05) is 0 Å². The summed E-state index contributed by atoms with van der Waals surface area (Å²) in [5.74, 6) is 0. The first-order chi connectivity index (χ1) is 6.40. The van der Waals surface area contributed by atoms with E-state index in [1.165, 1.54) is 11.1 Å². The summed E-state index contributed by atoms with van der Waals surface area (Å²) in [4.78, 5) is 4.38. The Labute approximate surface area is 112 Å². The molecule has 2 rings (SSSR count).